The number of ether oxygens (including phenoxy) is 1. The van der Waals surface area contributed by atoms with Gasteiger partial charge in [0.2, 0.25) is 0 Å². The van der Waals surface area contributed by atoms with Crippen LogP contribution in [0.25, 0.3) is 0 Å². The van der Waals surface area contributed by atoms with Crippen molar-refractivity contribution in [1.29, 1.82) is 0 Å². The van der Waals surface area contributed by atoms with E-state index in [2.05, 4.69) is 10.1 Å². The fourth-order valence-electron chi connectivity index (χ4n) is 1.46. The van der Waals surface area contributed by atoms with Crippen LogP contribution >= 0.6 is 11.8 Å². The molecule has 0 amide bonds. The van der Waals surface area contributed by atoms with E-state index in [0.717, 1.165) is 4.90 Å². The summed E-state index contributed by atoms with van der Waals surface area (Å²) in [5, 5.41) is 4.74. The number of aromatic nitrogens is 3. The van der Waals surface area contributed by atoms with Crippen LogP contribution < -0.4 is 5.73 Å². The average molecular weight is 278 g/mol. The Morgan fingerprint density at radius 3 is 2.95 bits per heavy atom. The van der Waals surface area contributed by atoms with Gasteiger partial charge in [0.1, 0.15) is 5.03 Å². The molecule has 2 N–H and O–H groups in total. The zero-order chi connectivity index (χ0) is 13.8. The second-order valence-electron chi connectivity index (χ2n) is 3.78. The van der Waals surface area contributed by atoms with Gasteiger partial charge in [0.15, 0.2) is 0 Å². The third-order valence-electron chi connectivity index (χ3n) is 2.31. The molecule has 0 unspecified atom stereocenters. The Morgan fingerprint density at radius 1 is 1.53 bits per heavy atom. The molecule has 0 spiro atoms. The molecule has 100 valence electrons. The molecule has 2 rings (SSSR count). The second-order valence-corrected chi connectivity index (χ2v) is 4.88. The van der Waals surface area contributed by atoms with Crippen LogP contribution in [-0.2, 0) is 11.8 Å². The van der Waals surface area contributed by atoms with Gasteiger partial charge in [-0.1, -0.05) is 11.8 Å². The maximum Gasteiger partial charge on any atom is 0.340 e. The normalized spacial score (nSPS) is 10.4. The Labute approximate surface area is 115 Å². The molecule has 0 aromatic carbocycles. The van der Waals surface area contributed by atoms with Gasteiger partial charge < -0.3 is 10.5 Å². The molecule has 0 aliphatic heterocycles. The minimum absolute atomic E-state index is 0.311. The van der Waals surface area contributed by atoms with Gasteiger partial charge in [-0.15, -0.1) is 0 Å². The highest BCUT2D eigenvalue weighted by Gasteiger charge is 2.13. The molecule has 6 nitrogen and oxygen atoms in total. The van der Waals surface area contributed by atoms with Crippen molar-refractivity contribution in [2.45, 2.75) is 16.8 Å². The zero-order valence-corrected chi connectivity index (χ0v) is 11.5. The summed E-state index contributed by atoms with van der Waals surface area (Å²) in [6, 6.07) is 1.63. The molecule has 0 radical (unpaired) electrons. The van der Waals surface area contributed by atoms with E-state index >= 15 is 0 Å². The van der Waals surface area contributed by atoms with Gasteiger partial charge >= 0.3 is 5.97 Å². The molecule has 2 heterocycles. The van der Waals surface area contributed by atoms with E-state index in [4.69, 9.17) is 10.5 Å². The average Bonchev–Trinajstić information content (AvgIpc) is 2.77. The maximum atomic E-state index is 11.7. The summed E-state index contributed by atoms with van der Waals surface area (Å²) in [5.41, 5.74) is 6.38. The first-order valence-electron chi connectivity index (χ1n) is 5.69. The van der Waals surface area contributed by atoms with E-state index in [1.165, 1.54) is 18.0 Å². The van der Waals surface area contributed by atoms with E-state index in [1.54, 1.807) is 23.9 Å². The topological polar surface area (TPSA) is 83.0 Å². The number of hydrogen-bond acceptors (Lipinski definition) is 6. The van der Waals surface area contributed by atoms with Crippen LogP contribution in [0.2, 0.25) is 0 Å². The number of pyridine rings is 1. The van der Waals surface area contributed by atoms with Crippen molar-refractivity contribution in [2.24, 2.45) is 7.05 Å². The number of esters is 1. The molecule has 0 aliphatic rings. The van der Waals surface area contributed by atoms with Gasteiger partial charge in [-0.05, 0) is 13.0 Å². The largest absolute Gasteiger partial charge is 0.462 e. The molecule has 0 saturated heterocycles. The van der Waals surface area contributed by atoms with Gasteiger partial charge in [0, 0.05) is 13.2 Å². The number of carbonyl (C=O) groups excluding carboxylic acids is 1. The number of rotatable bonds is 4. The van der Waals surface area contributed by atoms with Gasteiger partial charge in [-0.25, -0.2) is 9.78 Å². The summed E-state index contributed by atoms with van der Waals surface area (Å²) in [6.45, 7) is 2.06. The van der Waals surface area contributed by atoms with Crippen molar-refractivity contribution >= 4 is 23.4 Å². The second kappa shape index (κ2) is 5.75. The highest BCUT2D eigenvalue weighted by Crippen LogP contribution is 2.27. The molecule has 19 heavy (non-hydrogen) atoms. The maximum absolute atomic E-state index is 11.7. The molecular formula is C12H14N4O2S. The van der Waals surface area contributed by atoms with E-state index in [0.29, 0.717) is 22.9 Å². The Balaban J connectivity index is 2.23. The lowest BCUT2D eigenvalue weighted by molar-refractivity contribution is 0.0527. The van der Waals surface area contributed by atoms with Gasteiger partial charge in [-0.3, -0.25) is 4.68 Å². The first kappa shape index (κ1) is 13.4. The van der Waals surface area contributed by atoms with Crippen LogP contribution in [0.5, 0.6) is 0 Å². The van der Waals surface area contributed by atoms with Crippen LogP contribution in [0.1, 0.15) is 17.3 Å². The molecule has 2 aromatic heterocycles. The highest BCUT2D eigenvalue weighted by atomic mass is 32.2. The third-order valence-corrected chi connectivity index (χ3v) is 3.19. The summed E-state index contributed by atoms with van der Waals surface area (Å²) >= 11 is 1.41. The van der Waals surface area contributed by atoms with Crippen LogP contribution in [0.3, 0.4) is 0 Å². The van der Waals surface area contributed by atoms with Crippen molar-refractivity contribution in [2.75, 3.05) is 12.3 Å². The van der Waals surface area contributed by atoms with Crippen molar-refractivity contribution in [3.8, 4) is 0 Å². The SMILES string of the molecule is CCOC(=O)c1cc(Sc2cnn(C)c2)ncc1N. The minimum atomic E-state index is -0.435. The quantitative estimate of drug-likeness (QED) is 0.857. The Morgan fingerprint density at radius 2 is 2.32 bits per heavy atom. The third kappa shape index (κ3) is 3.25. The van der Waals surface area contributed by atoms with Crippen molar-refractivity contribution in [1.82, 2.24) is 14.8 Å². The first-order valence-corrected chi connectivity index (χ1v) is 6.51. The fraction of sp³-hybridized carbons (Fsp3) is 0.250. The van der Waals surface area contributed by atoms with Gasteiger partial charge in [0.05, 0.1) is 35.1 Å². The van der Waals surface area contributed by atoms with E-state index < -0.39 is 5.97 Å². The van der Waals surface area contributed by atoms with Crippen molar-refractivity contribution in [3.05, 3.63) is 30.2 Å². The molecule has 7 heteroatoms. The highest BCUT2D eigenvalue weighted by molar-refractivity contribution is 7.99. The van der Waals surface area contributed by atoms with Crippen LogP contribution in [-0.4, -0.2) is 27.3 Å². The first-order chi connectivity index (χ1) is 9.10. The molecular weight excluding hydrogens is 264 g/mol. The summed E-state index contributed by atoms with van der Waals surface area (Å²) in [5.74, 6) is -0.435. The summed E-state index contributed by atoms with van der Waals surface area (Å²) < 4.78 is 6.65. The number of anilines is 1. The fourth-order valence-corrected chi connectivity index (χ4v) is 2.29. The standard InChI is InChI=1S/C12H14N4O2S/c1-3-18-12(17)9-4-11(14-6-10(9)13)19-8-5-15-16(2)7-8/h4-7H,3,13H2,1-2H3. The number of aryl methyl sites for hydroxylation is 1. The molecule has 0 fully saturated rings. The minimum Gasteiger partial charge on any atom is -0.462 e. The lowest BCUT2D eigenvalue weighted by atomic mass is 10.2. The van der Waals surface area contributed by atoms with Crippen LogP contribution in [0, 0.1) is 0 Å². The predicted molar refractivity (Wildman–Crippen MR) is 71.9 cm³/mol. The van der Waals surface area contributed by atoms with E-state index in [-0.39, 0.29) is 0 Å². The summed E-state index contributed by atoms with van der Waals surface area (Å²) in [4.78, 5) is 16.8. The molecule has 0 aliphatic carbocycles. The van der Waals surface area contributed by atoms with E-state index in [1.807, 2.05) is 13.2 Å². The van der Waals surface area contributed by atoms with Crippen molar-refractivity contribution in [3.63, 3.8) is 0 Å². The lowest BCUT2D eigenvalue weighted by Gasteiger charge is -2.06. The Bertz CT molecular complexity index is 597. The number of hydrogen-bond donors (Lipinski definition) is 1. The lowest BCUT2D eigenvalue weighted by Crippen LogP contribution is -2.08. The Kier molecular flexibility index (Phi) is 4.06. The smallest absolute Gasteiger partial charge is 0.340 e. The van der Waals surface area contributed by atoms with Gasteiger partial charge in [-0.2, -0.15) is 5.10 Å². The molecule has 0 saturated carbocycles. The number of nitrogens with zero attached hydrogens (tertiary/aromatic N) is 3. The van der Waals surface area contributed by atoms with Gasteiger partial charge in [0.25, 0.3) is 0 Å². The molecule has 2 aromatic rings. The van der Waals surface area contributed by atoms with Crippen LogP contribution in [0.4, 0.5) is 5.69 Å². The molecule has 0 atom stereocenters. The van der Waals surface area contributed by atoms with E-state index in [9.17, 15) is 4.79 Å². The van der Waals surface area contributed by atoms with Crippen molar-refractivity contribution < 1.29 is 9.53 Å². The summed E-state index contributed by atoms with van der Waals surface area (Å²) in [6.07, 6.45) is 5.06. The summed E-state index contributed by atoms with van der Waals surface area (Å²) in [7, 11) is 1.84. The number of nitrogens with two attached hydrogens (primary N) is 1. The zero-order valence-electron chi connectivity index (χ0n) is 10.7. The number of carbonyl (C=O) groups is 1. The predicted octanol–water partition coefficient (Wildman–Crippen LogP) is 1.73. The van der Waals surface area contributed by atoms with Crippen LogP contribution in [0.15, 0.2) is 34.6 Å². The number of nitrogen functional groups attached to an aromatic ring is 1. The molecule has 0 bridgehead atoms. The monoisotopic (exact) mass is 278 g/mol. The Hall–Kier alpha value is -2.02.